The highest BCUT2D eigenvalue weighted by atomic mass is 16.6. The Morgan fingerprint density at radius 3 is 2.47 bits per heavy atom. The normalized spacial score (nSPS) is 15.4. The number of ether oxygens (including phenoxy) is 1. The van der Waals surface area contributed by atoms with Crippen LogP contribution in [0.1, 0.15) is 12.6 Å². The molecule has 1 aliphatic rings. The van der Waals surface area contributed by atoms with Crippen molar-refractivity contribution >= 4 is 23.0 Å². The smallest absolute Gasteiger partial charge is 0.409 e. The van der Waals surface area contributed by atoms with Crippen molar-refractivity contribution in [2.45, 2.75) is 20.4 Å². The van der Waals surface area contributed by atoms with Crippen LogP contribution in [-0.4, -0.2) is 78.3 Å². The van der Waals surface area contributed by atoms with Crippen LogP contribution in [0.3, 0.4) is 0 Å². The second-order valence-electron chi connectivity index (χ2n) is 7.61. The third-order valence-corrected chi connectivity index (χ3v) is 5.79. The number of aryl methyl sites for hydroxylation is 2. The molecule has 11 nitrogen and oxygen atoms in total. The van der Waals surface area contributed by atoms with Crippen molar-refractivity contribution in [2.75, 3.05) is 39.3 Å². The van der Waals surface area contributed by atoms with Gasteiger partial charge >= 0.3 is 11.8 Å². The molecular formula is C19H27N7O4. The molecule has 1 aliphatic heterocycles. The van der Waals surface area contributed by atoms with Crippen LogP contribution in [0.15, 0.2) is 15.8 Å². The molecule has 0 aliphatic carbocycles. The van der Waals surface area contributed by atoms with Gasteiger partial charge in [0.2, 0.25) is 5.78 Å². The van der Waals surface area contributed by atoms with E-state index < -0.39 is 5.69 Å². The van der Waals surface area contributed by atoms with E-state index in [1.54, 1.807) is 23.3 Å². The number of imidazole rings is 2. The van der Waals surface area contributed by atoms with E-state index in [1.165, 1.54) is 11.6 Å². The lowest BCUT2D eigenvalue weighted by molar-refractivity contribution is 0.0788. The predicted molar refractivity (Wildman–Crippen MR) is 111 cm³/mol. The van der Waals surface area contributed by atoms with Crippen molar-refractivity contribution in [3.63, 3.8) is 0 Å². The maximum absolute atomic E-state index is 12.7. The van der Waals surface area contributed by atoms with Gasteiger partial charge in [-0.05, 0) is 13.8 Å². The number of nitrogens with zero attached hydrogens (tertiary/aromatic N) is 7. The zero-order valence-electron chi connectivity index (χ0n) is 17.8. The minimum absolute atomic E-state index is 0.253. The van der Waals surface area contributed by atoms with Gasteiger partial charge in [0, 0.05) is 65.3 Å². The fraction of sp³-hybridized carbons (Fsp3) is 0.579. The van der Waals surface area contributed by atoms with Gasteiger partial charge in [0.05, 0.1) is 6.61 Å². The number of carbonyl (C=O) groups is 1. The Balaban J connectivity index is 1.56. The summed E-state index contributed by atoms with van der Waals surface area (Å²) in [6.45, 7) is 8.50. The van der Waals surface area contributed by atoms with Gasteiger partial charge in [-0.1, -0.05) is 0 Å². The van der Waals surface area contributed by atoms with Crippen LogP contribution in [-0.2, 0) is 25.4 Å². The minimum atomic E-state index is -0.393. The lowest BCUT2D eigenvalue weighted by Gasteiger charge is -2.34. The maximum atomic E-state index is 12.7. The standard InChI is InChI=1S/C19H27N7O4/c1-5-30-19(29)24-9-6-23(7-10-24)8-11-25-13(2)12-26-14-15(20-17(25)26)21(3)18(28)22(4)16(14)27/h12H,5-11H2,1-4H3. The van der Waals surface area contributed by atoms with Crippen LogP contribution in [0, 0.1) is 6.92 Å². The van der Waals surface area contributed by atoms with Gasteiger partial charge < -0.3 is 14.2 Å². The molecule has 1 amide bonds. The number of amides is 1. The Labute approximate surface area is 172 Å². The van der Waals surface area contributed by atoms with Crippen molar-refractivity contribution in [2.24, 2.45) is 14.1 Å². The molecular weight excluding hydrogens is 390 g/mol. The molecule has 3 aromatic rings. The van der Waals surface area contributed by atoms with Crippen LogP contribution in [0.2, 0.25) is 0 Å². The number of carbonyl (C=O) groups excluding carboxylic acids is 1. The molecule has 1 saturated heterocycles. The van der Waals surface area contributed by atoms with Crippen molar-refractivity contribution in [1.82, 2.24) is 32.9 Å². The Morgan fingerprint density at radius 2 is 1.80 bits per heavy atom. The molecule has 162 valence electrons. The van der Waals surface area contributed by atoms with E-state index in [2.05, 4.69) is 14.5 Å². The summed E-state index contributed by atoms with van der Waals surface area (Å²) in [6, 6.07) is 0. The number of hydrogen-bond acceptors (Lipinski definition) is 6. The van der Waals surface area contributed by atoms with Crippen molar-refractivity contribution < 1.29 is 9.53 Å². The van der Waals surface area contributed by atoms with Crippen LogP contribution in [0.4, 0.5) is 4.79 Å². The number of fused-ring (bicyclic) bond motifs is 3. The molecule has 11 heteroatoms. The molecule has 0 atom stereocenters. The second kappa shape index (κ2) is 7.63. The Hall–Kier alpha value is -3.08. The number of aromatic nitrogens is 5. The quantitative estimate of drug-likeness (QED) is 0.582. The highest BCUT2D eigenvalue weighted by Crippen LogP contribution is 2.16. The first kappa shape index (κ1) is 20.2. The molecule has 4 heterocycles. The maximum Gasteiger partial charge on any atom is 0.409 e. The average Bonchev–Trinajstić information content (AvgIpc) is 3.24. The van der Waals surface area contributed by atoms with Gasteiger partial charge in [-0.25, -0.2) is 9.59 Å². The molecule has 0 unspecified atom stereocenters. The molecule has 0 aromatic carbocycles. The fourth-order valence-corrected chi connectivity index (χ4v) is 4.02. The zero-order chi connectivity index (χ0) is 21.6. The summed E-state index contributed by atoms with van der Waals surface area (Å²) in [5.41, 5.74) is 1.03. The Kier molecular flexibility index (Phi) is 5.14. The van der Waals surface area contributed by atoms with Gasteiger partial charge in [-0.15, -0.1) is 0 Å². The van der Waals surface area contributed by atoms with Gasteiger partial charge in [0.1, 0.15) is 0 Å². The minimum Gasteiger partial charge on any atom is -0.450 e. The van der Waals surface area contributed by atoms with E-state index in [0.717, 1.165) is 29.9 Å². The van der Waals surface area contributed by atoms with E-state index in [1.807, 2.05) is 13.1 Å². The first-order valence-corrected chi connectivity index (χ1v) is 10.1. The monoisotopic (exact) mass is 417 g/mol. The SMILES string of the molecule is CCOC(=O)N1CCN(CCn2c(C)cn3c4c(=O)n(C)c(=O)n(C)c4nc23)CC1. The molecule has 0 saturated carbocycles. The van der Waals surface area contributed by atoms with Crippen molar-refractivity contribution in [3.05, 3.63) is 32.7 Å². The summed E-state index contributed by atoms with van der Waals surface area (Å²) >= 11 is 0. The number of hydrogen-bond donors (Lipinski definition) is 0. The number of rotatable bonds is 4. The third-order valence-electron chi connectivity index (χ3n) is 5.79. The molecule has 1 fully saturated rings. The molecule has 0 radical (unpaired) electrons. The summed E-state index contributed by atoms with van der Waals surface area (Å²) in [5.74, 6) is 0.644. The first-order valence-electron chi connectivity index (χ1n) is 10.1. The van der Waals surface area contributed by atoms with Gasteiger partial charge in [0.25, 0.3) is 5.56 Å². The molecule has 4 rings (SSSR count). The largest absolute Gasteiger partial charge is 0.450 e. The fourth-order valence-electron chi connectivity index (χ4n) is 4.02. The van der Waals surface area contributed by atoms with E-state index in [4.69, 9.17) is 4.74 Å². The van der Waals surface area contributed by atoms with Crippen molar-refractivity contribution in [3.8, 4) is 0 Å². The molecule has 0 spiro atoms. The highest BCUT2D eigenvalue weighted by Gasteiger charge is 2.23. The van der Waals surface area contributed by atoms with E-state index in [9.17, 15) is 14.4 Å². The van der Waals surface area contributed by atoms with Gasteiger partial charge in [-0.2, -0.15) is 4.98 Å². The topological polar surface area (TPSA) is 99.0 Å². The molecule has 0 N–H and O–H groups in total. The summed E-state index contributed by atoms with van der Waals surface area (Å²) in [5, 5.41) is 0. The average molecular weight is 417 g/mol. The molecule has 0 bridgehead atoms. The zero-order valence-corrected chi connectivity index (χ0v) is 17.8. The van der Waals surface area contributed by atoms with Crippen LogP contribution in [0.5, 0.6) is 0 Å². The first-order chi connectivity index (χ1) is 14.3. The molecule has 3 aromatic heterocycles. The van der Waals surface area contributed by atoms with Crippen LogP contribution >= 0.6 is 0 Å². The van der Waals surface area contributed by atoms with E-state index in [-0.39, 0.29) is 11.7 Å². The predicted octanol–water partition coefficient (Wildman–Crippen LogP) is -0.231. The lowest BCUT2D eigenvalue weighted by Crippen LogP contribution is -2.49. The Bertz CT molecular complexity index is 1220. The van der Waals surface area contributed by atoms with Gasteiger partial charge in [-0.3, -0.25) is 23.2 Å². The highest BCUT2D eigenvalue weighted by molar-refractivity contribution is 5.75. The summed E-state index contributed by atoms with van der Waals surface area (Å²) < 4.78 is 11.4. The number of piperazine rings is 1. The van der Waals surface area contributed by atoms with E-state index >= 15 is 0 Å². The summed E-state index contributed by atoms with van der Waals surface area (Å²) in [6.07, 6.45) is 1.63. The van der Waals surface area contributed by atoms with E-state index in [0.29, 0.717) is 43.2 Å². The summed E-state index contributed by atoms with van der Waals surface area (Å²) in [7, 11) is 3.10. The van der Waals surface area contributed by atoms with Crippen LogP contribution in [0.25, 0.3) is 16.9 Å². The van der Waals surface area contributed by atoms with Crippen LogP contribution < -0.4 is 11.2 Å². The lowest BCUT2D eigenvalue weighted by atomic mass is 10.3. The molecule has 30 heavy (non-hydrogen) atoms. The Morgan fingerprint density at radius 1 is 1.10 bits per heavy atom. The van der Waals surface area contributed by atoms with Gasteiger partial charge in [0.15, 0.2) is 11.2 Å². The second-order valence-corrected chi connectivity index (χ2v) is 7.61. The van der Waals surface area contributed by atoms with Crippen molar-refractivity contribution in [1.29, 1.82) is 0 Å². The summed E-state index contributed by atoms with van der Waals surface area (Å²) in [4.78, 5) is 45.4. The third kappa shape index (κ3) is 3.18.